The first kappa shape index (κ1) is 12.8. The Morgan fingerprint density at radius 3 is 2.95 bits per heavy atom. The van der Waals surface area contributed by atoms with E-state index in [1.807, 2.05) is 6.92 Å². The van der Waals surface area contributed by atoms with Crippen LogP contribution in [0.25, 0.3) is 0 Å². The van der Waals surface area contributed by atoms with Gasteiger partial charge in [-0.2, -0.15) is 0 Å². The topological polar surface area (TPSA) is 69.2 Å². The molecule has 1 aromatic carbocycles. The molecule has 106 valence electrons. The van der Waals surface area contributed by atoms with Crippen LogP contribution >= 0.6 is 0 Å². The van der Waals surface area contributed by atoms with Crippen molar-refractivity contribution in [2.24, 2.45) is 4.99 Å². The Kier molecular flexibility index (Phi) is 3.45. The van der Waals surface area contributed by atoms with E-state index in [1.165, 1.54) is 0 Å². The maximum absolute atomic E-state index is 12.2. The summed E-state index contributed by atoms with van der Waals surface area (Å²) >= 11 is 0. The van der Waals surface area contributed by atoms with Crippen molar-refractivity contribution in [1.82, 2.24) is 5.32 Å². The molecule has 1 aliphatic carbocycles. The van der Waals surface area contributed by atoms with Crippen LogP contribution in [-0.2, 0) is 4.74 Å². The van der Waals surface area contributed by atoms with E-state index in [1.54, 1.807) is 18.2 Å². The van der Waals surface area contributed by atoms with E-state index in [0.717, 1.165) is 12.8 Å². The SMILES string of the molecule is CCOC(=NC1CC1)NC(=O)c1ccc2c(c1)OCO2. The molecule has 1 aromatic rings. The summed E-state index contributed by atoms with van der Waals surface area (Å²) in [5.41, 5.74) is 0.484. The molecule has 0 unspecified atom stereocenters. The van der Waals surface area contributed by atoms with Gasteiger partial charge in [0.25, 0.3) is 11.9 Å². The summed E-state index contributed by atoms with van der Waals surface area (Å²) in [5, 5.41) is 2.69. The largest absolute Gasteiger partial charge is 0.465 e. The highest BCUT2D eigenvalue weighted by Gasteiger charge is 2.23. The van der Waals surface area contributed by atoms with Crippen LogP contribution in [0, 0.1) is 0 Å². The molecule has 1 amide bonds. The number of nitrogens with zero attached hydrogens (tertiary/aromatic N) is 1. The molecule has 1 heterocycles. The van der Waals surface area contributed by atoms with E-state index >= 15 is 0 Å². The second kappa shape index (κ2) is 5.40. The fourth-order valence-corrected chi connectivity index (χ4v) is 1.82. The van der Waals surface area contributed by atoms with Crippen LogP contribution in [0.4, 0.5) is 0 Å². The lowest BCUT2D eigenvalue weighted by Gasteiger charge is -2.09. The van der Waals surface area contributed by atoms with Gasteiger partial charge in [-0.25, -0.2) is 4.99 Å². The van der Waals surface area contributed by atoms with Gasteiger partial charge in [-0.3, -0.25) is 10.1 Å². The van der Waals surface area contributed by atoms with Crippen molar-refractivity contribution in [2.45, 2.75) is 25.8 Å². The first-order valence-electron chi connectivity index (χ1n) is 6.68. The third kappa shape index (κ3) is 2.84. The van der Waals surface area contributed by atoms with Crippen LogP contribution in [0.2, 0.25) is 0 Å². The van der Waals surface area contributed by atoms with Crippen LogP contribution in [0.15, 0.2) is 23.2 Å². The highest BCUT2D eigenvalue weighted by Crippen LogP contribution is 2.32. The van der Waals surface area contributed by atoms with Crippen LogP contribution in [0.1, 0.15) is 30.1 Å². The van der Waals surface area contributed by atoms with Crippen LogP contribution in [-0.4, -0.2) is 31.4 Å². The number of fused-ring (bicyclic) bond motifs is 1. The Labute approximate surface area is 116 Å². The normalized spacial score (nSPS) is 16.9. The number of amides is 1. The standard InChI is InChI=1S/C14H16N2O4/c1-2-18-14(15-10-4-5-10)16-13(17)9-3-6-11-12(7-9)20-8-19-11/h3,6-7,10H,2,4-5,8H2,1H3,(H,15,16,17). The molecule has 1 N–H and O–H groups in total. The molecule has 3 rings (SSSR count). The predicted octanol–water partition coefficient (Wildman–Crippen LogP) is 1.70. The zero-order valence-electron chi connectivity index (χ0n) is 11.2. The predicted molar refractivity (Wildman–Crippen MR) is 72.1 cm³/mol. The molecule has 1 saturated carbocycles. The molecule has 0 saturated heterocycles. The number of amidine groups is 1. The molecule has 6 nitrogen and oxygen atoms in total. The molecular weight excluding hydrogens is 260 g/mol. The van der Waals surface area contributed by atoms with Crippen molar-refractivity contribution in [1.29, 1.82) is 0 Å². The smallest absolute Gasteiger partial charge is 0.291 e. The van der Waals surface area contributed by atoms with E-state index in [-0.39, 0.29) is 24.8 Å². The van der Waals surface area contributed by atoms with Gasteiger partial charge in [-0.15, -0.1) is 0 Å². The molecule has 20 heavy (non-hydrogen) atoms. The lowest BCUT2D eigenvalue weighted by molar-refractivity contribution is 0.0965. The fraction of sp³-hybridized carbons (Fsp3) is 0.429. The highest BCUT2D eigenvalue weighted by atomic mass is 16.7. The number of ether oxygens (including phenoxy) is 3. The lowest BCUT2D eigenvalue weighted by atomic mass is 10.2. The van der Waals surface area contributed by atoms with Crippen LogP contribution in [0.3, 0.4) is 0 Å². The van der Waals surface area contributed by atoms with Gasteiger partial charge in [0, 0.05) is 5.56 Å². The zero-order valence-corrected chi connectivity index (χ0v) is 11.2. The van der Waals surface area contributed by atoms with Gasteiger partial charge in [0.15, 0.2) is 11.5 Å². The maximum Gasteiger partial charge on any atom is 0.291 e. The number of hydrogen-bond donors (Lipinski definition) is 1. The number of nitrogens with one attached hydrogen (secondary N) is 1. The lowest BCUT2D eigenvalue weighted by Crippen LogP contribution is -2.32. The maximum atomic E-state index is 12.2. The minimum absolute atomic E-state index is 0.188. The van der Waals surface area contributed by atoms with E-state index in [9.17, 15) is 4.79 Å². The van der Waals surface area contributed by atoms with Crippen molar-refractivity contribution in [3.63, 3.8) is 0 Å². The molecule has 0 bridgehead atoms. The van der Waals surface area contributed by atoms with Gasteiger partial charge in [0.1, 0.15) is 0 Å². The highest BCUT2D eigenvalue weighted by molar-refractivity contribution is 6.04. The Morgan fingerprint density at radius 1 is 1.40 bits per heavy atom. The zero-order chi connectivity index (χ0) is 13.9. The number of carbonyl (C=O) groups excluding carboxylic acids is 1. The van der Waals surface area contributed by atoms with Crippen molar-refractivity contribution in [3.05, 3.63) is 23.8 Å². The van der Waals surface area contributed by atoms with Gasteiger partial charge < -0.3 is 14.2 Å². The minimum Gasteiger partial charge on any atom is -0.465 e. The van der Waals surface area contributed by atoms with Crippen LogP contribution in [0.5, 0.6) is 11.5 Å². The summed E-state index contributed by atoms with van der Waals surface area (Å²) in [6.07, 6.45) is 2.10. The number of hydrogen-bond acceptors (Lipinski definition) is 5. The summed E-state index contributed by atoms with van der Waals surface area (Å²) in [6, 6.07) is 5.63. The molecular formula is C14H16N2O4. The average Bonchev–Trinajstić information content (AvgIpc) is 3.13. The summed E-state index contributed by atoms with van der Waals surface area (Å²) in [5.74, 6) is 0.962. The molecule has 0 atom stereocenters. The third-order valence-electron chi connectivity index (χ3n) is 2.98. The average molecular weight is 276 g/mol. The number of rotatable bonds is 3. The molecule has 1 aliphatic heterocycles. The van der Waals surface area contributed by atoms with Crippen molar-refractivity contribution in [2.75, 3.05) is 13.4 Å². The first-order chi connectivity index (χ1) is 9.76. The minimum atomic E-state index is -0.267. The summed E-state index contributed by atoms with van der Waals surface area (Å²) in [4.78, 5) is 16.5. The summed E-state index contributed by atoms with van der Waals surface area (Å²) in [7, 11) is 0. The van der Waals surface area contributed by atoms with Crippen LogP contribution < -0.4 is 14.8 Å². The van der Waals surface area contributed by atoms with E-state index < -0.39 is 0 Å². The Morgan fingerprint density at radius 2 is 2.20 bits per heavy atom. The third-order valence-corrected chi connectivity index (χ3v) is 2.98. The molecule has 0 spiro atoms. The first-order valence-corrected chi connectivity index (χ1v) is 6.68. The summed E-state index contributed by atoms with van der Waals surface area (Å²) in [6.45, 7) is 2.51. The fourth-order valence-electron chi connectivity index (χ4n) is 1.82. The van der Waals surface area contributed by atoms with E-state index in [4.69, 9.17) is 14.2 Å². The molecule has 0 radical (unpaired) electrons. The van der Waals surface area contributed by atoms with Gasteiger partial charge in [0.2, 0.25) is 6.79 Å². The van der Waals surface area contributed by atoms with Gasteiger partial charge in [-0.05, 0) is 38.0 Å². The second-order valence-corrected chi connectivity index (χ2v) is 4.62. The molecule has 6 heteroatoms. The van der Waals surface area contributed by atoms with E-state index in [2.05, 4.69) is 10.3 Å². The summed E-state index contributed by atoms with van der Waals surface area (Å²) < 4.78 is 15.8. The Bertz CT molecular complexity index is 552. The van der Waals surface area contributed by atoms with Crippen molar-refractivity contribution >= 4 is 11.9 Å². The monoisotopic (exact) mass is 276 g/mol. The molecule has 0 aromatic heterocycles. The molecule has 1 fully saturated rings. The quantitative estimate of drug-likeness (QED) is 0.674. The van der Waals surface area contributed by atoms with Crippen molar-refractivity contribution < 1.29 is 19.0 Å². The number of aliphatic imine (C=N–C) groups is 1. The van der Waals surface area contributed by atoms with Crippen molar-refractivity contribution in [3.8, 4) is 11.5 Å². The van der Waals surface area contributed by atoms with Gasteiger partial charge in [-0.1, -0.05) is 0 Å². The Hall–Kier alpha value is -2.24. The Balaban J connectivity index is 1.71. The van der Waals surface area contributed by atoms with Gasteiger partial charge >= 0.3 is 0 Å². The van der Waals surface area contributed by atoms with Gasteiger partial charge in [0.05, 0.1) is 12.6 Å². The molecule has 2 aliphatic rings. The van der Waals surface area contributed by atoms with E-state index in [0.29, 0.717) is 23.7 Å². The number of benzene rings is 1. The number of carbonyl (C=O) groups is 1. The second-order valence-electron chi connectivity index (χ2n) is 4.62.